The van der Waals surface area contributed by atoms with Crippen molar-refractivity contribution in [2.24, 2.45) is 0 Å². The predicted molar refractivity (Wildman–Crippen MR) is 71.8 cm³/mol. The zero-order valence-electron chi connectivity index (χ0n) is 10.7. The molecule has 0 aliphatic rings. The van der Waals surface area contributed by atoms with Crippen molar-refractivity contribution in [3.63, 3.8) is 0 Å². The van der Waals surface area contributed by atoms with E-state index in [0.717, 1.165) is 5.76 Å². The van der Waals surface area contributed by atoms with E-state index in [2.05, 4.69) is 15.5 Å². The molecule has 0 aromatic carbocycles. The fourth-order valence-electron chi connectivity index (χ4n) is 1.47. The van der Waals surface area contributed by atoms with Crippen LogP contribution in [-0.2, 0) is 11.3 Å². The Labute approximate surface area is 120 Å². The Morgan fingerprint density at radius 1 is 1.60 bits per heavy atom. The Morgan fingerprint density at radius 3 is 3.25 bits per heavy atom. The smallest absolute Gasteiger partial charge is 0.230 e. The molecule has 0 bridgehead atoms. The van der Waals surface area contributed by atoms with Gasteiger partial charge in [-0.15, -0.1) is 10.2 Å². The molecule has 2 aromatic rings. The molecule has 2 heterocycles. The number of nitriles is 1. The van der Waals surface area contributed by atoms with Crippen molar-refractivity contribution in [3.05, 3.63) is 30.5 Å². The average Bonchev–Trinajstić information content (AvgIpc) is 3.09. The van der Waals surface area contributed by atoms with Gasteiger partial charge in [0.05, 0.1) is 31.1 Å². The van der Waals surface area contributed by atoms with Crippen LogP contribution in [0.15, 0.2) is 34.3 Å². The molecular weight excluding hydrogens is 278 g/mol. The molecule has 0 saturated carbocycles. The molecule has 0 radical (unpaired) electrons. The number of hydrogen-bond donors (Lipinski definition) is 1. The summed E-state index contributed by atoms with van der Waals surface area (Å²) in [6, 6.07) is 5.65. The highest BCUT2D eigenvalue weighted by atomic mass is 32.2. The highest BCUT2D eigenvalue weighted by Crippen LogP contribution is 2.16. The summed E-state index contributed by atoms with van der Waals surface area (Å²) >= 11 is 1.29. The lowest BCUT2D eigenvalue weighted by Gasteiger charge is -2.04. The zero-order valence-corrected chi connectivity index (χ0v) is 11.5. The molecule has 1 N–H and O–H groups in total. The van der Waals surface area contributed by atoms with Crippen molar-refractivity contribution in [1.29, 1.82) is 5.26 Å². The van der Waals surface area contributed by atoms with Crippen LogP contribution >= 0.6 is 11.8 Å². The van der Waals surface area contributed by atoms with Crippen molar-refractivity contribution in [1.82, 2.24) is 20.1 Å². The molecule has 2 aromatic heterocycles. The Bertz CT molecular complexity index is 587. The number of thioether (sulfide) groups is 1. The van der Waals surface area contributed by atoms with Gasteiger partial charge in [0.2, 0.25) is 5.91 Å². The molecule has 0 aliphatic carbocycles. The van der Waals surface area contributed by atoms with Gasteiger partial charge in [-0.2, -0.15) is 5.26 Å². The van der Waals surface area contributed by atoms with E-state index in [1.807, 2.05) is 22.8 Å². The molecule has 1 amide bonds. The lowest BCUT2D eigenvalue weighted by molar-refractivity contribution is -0.118. The number of carbonyl (C=O) groups is 1. The second-order valence-corrected chi connectivity index (χ2v) is 4.81. The van der Waals surface area contributed by atoms with Crippen molar-refractivity contribution < 1.29 is 9.21 Å². The molecule has 0 atom stereocenters. The normalized spacial score (nSPS) is 10.2. The maximum absolute atomic E-state index is 11.5. The number of amides is 1. The molecule has 104 valence electrons. The largest absolute Gasteiger partial charge is 0.467 e. The van der Waals surface area contributed by atoms with Crippen LogP contribution in [0.5, 0.6) is 0 Å². The van der Waals surface area contributed by atoms with Gasteiger partial charge >= 0.3 is 0 Å². The minimum Gasteiger partial charge on any atom is -0.467 e. The second-order valence-electron chi connectivity index (χ2n) is 3.87. The number of carbonyl (C=O) groups excluding carboxylic acids is 1. The lowest BCUT2D eigenvalue weighted by Crippen LogP contribution is -2.26. The van der Waals surface area contributed by atoms with E-state index in [4.69, 9.17) is 9.68 Å². The van der Waals surface area contributed by atoms with Crippen LogP contribution < -0.4 is 5.32 Å². The van der Waals surface area contributed by atoms with Crippen molar-refractivity contribution in [2.45, 2.75) is 18.1 Å². The number of furan rings is 1. The first-order chi connectivity index (χ1) is 9.79. The summed E-state index contributed by atoms with van der Waals surface area (Å²) in [4.78, 5) is 11.5. The first-order valence-electron chi connectivity index (χ1n) is 5.96. The summed E-state index contributed by atoms with van der Waals surface area (Å²) in [5, 5.41) is 19.5. The van der Waals surface area contributed by atoms with Crippen LogP contribution in [-0.4, -0.2) is 33.0 Å². The monoisotopic (exact) mass is 291 g/mol. The van der Waals surface area contributed by atoms with Crippen LogP contribution in [0.2, 0.25) is 0 Å². The van der Waals surface area contributed by atoms with Gasteiger partial charge in [0.1, 0.15) is 12.1 Å². The van der Waals surface area contributed by atoms with Crippen LogP contribution in [0, 0.1) is 11.3 Å². The first kappa shape index (κ1) is 14.1. The molecule has 8 heteroatoms. The van der Waals surface area contributed by atoms with E-state index in [9.17, 15) is 4.79 Å². The Morgan fingerprint density at radius 2 is 2.50 bits per heavy atom. The molecule has 0 aliphatic heterocycles. The van der Waals surface area contributed by atoms with E-state index in [-0.39, 0.29) is 11.7 Å². The third-order valence-corrected chi connectivity index (χ3v) is 3.36. The van der Waals surface area contributed by atoms with Gasteiger partial charge in [-0.25, -0.2) is 0 Å². The fourth-order valence-corrected chi connectivity index (χ4v) is 2.22. The van der Waals surface area contributed by atoms with Crippen molar-refractivity contribution in [3.8, 4) is 6.07 Å². The topological polar surface area (TPSA) is 96.7 Å². The van der Waals surface area contributed by atoms with Crippen molar-refractivity contribution >= 4 is 17.7 Å². The van der Waals surface area contributed by atoms with Gasteiger partial charge in [0.15, 0.2) is 5.16 Å². The number of hydrogen-bond acceptors (Lipinski definition) is 6. The van der Waals surface area contributed by atoms with E-state index < -0.39 is 0 Å². The fraction of sp³-hybridized carbons (Fsp3) is 0.333. The third-order valence-electron chi connectivity index (χ3n) is 2.38. The molecule has 0 unspecified atom stereocenters. The number of rotatable bonds is 7. The third kappa shape index (κ3) is 4.13. The zero-order chi connectivity index (χ0) is 14.2. The van der Waals surface area contributed by atoms with Crippen molar-refractivity contribution in [2.75, 3.05) is 12.3 Å². The lowest BCUT2D eigenvalue weighted by atomic mass is 10.4. The standard InChI is InChI=1S/C12H13N5O2S/c13-4-2-5-14-11(18)8-20-12-16-15-9-17(12)7-10-3-1-6-19-10/h1,3,6,9H,2,5,7-8H2,(H,14,18). The highest BCUT2D eigenvalue weighted by molar-refractivity contribution is 7.99. The summed E-state index contributed by atoms with van der Waals surface area (Å²) in [5.41, 5.74) is 0. The molecule has 0 saturated heterocycles. The van der Waals surface area contributed by atoms with Gasteiger partial charge in [-0.3, -0.25) is 4.79 Å². The Hall–Kier alpha value is -2.27. The van der Waals surface area contributed by atoms with E-state index in [1.165, 1.54) is 11.8 Å². The minimum atomic E-state index is -0.127. The van der Waals surface area contributed by atoms with Crippen LogP contribution in [0.25, 0.3) is 0 Å². The second kappa shape index (κ2) is 7.35. The number of nitrogens with zero attached hydrogens (tertiary/aromatic N) is 4. The minimum absolute atomic E-state index is 0.127. The van der Waals surface area contributed by atoms with E-state index in [0.29, 0.717) is 24.7 Å². The molecule has 0 fully saturated rings. The SMILES string of the molecule is N#CCCNC(=O)CSc1nncn1Cc1ccco1. The van der Waals surface area contributed by atoms with Crippen LogP contribution in [0.3, 0.4) is 0 Å². The van der Waals surface area contributed by atoms with Gasteiger partial charge in [0, 0.05) is 6.54 Å². The van der Waals surface area contributed by atoms with Crippen LogP contribution in [0.4, 0.5) is 0 Å². The summed E-state index contributed by atoms with van der Waals surface area (Å²) in [7, 11) is 0. The molecule has 20 heavy (non-hydrogen) atoms. The van der Waals surface area contributed by atoms with Gasteiger partial charge < -0.3 is 14.3 Å². The Balaban J connectivity index is 1.83. The summed E-state index contributed by atoms with van der Waals surface area (Å²) in [5.74, 6) is 0.908. The maximum Gasteiger partial charge on any atom is 0.230 e. The molecule has 2 rings (SSSR count). The van der Waals surface area contributed by atoms with Gasteiger partial charge in [-0.05, 0) is 12.1 Å². The Kier molecular flexibility index (Phi) is 5.20. The summed E-state index contributed by atoms with van der Waals surface area (Å²) < 4.78 is 7.07. The number of aromatic nitrogens is 3. The number of nitrogens with one attached hydrogen (secondary N) is 1. The van der Waals surface area contributed by atoms with E-state index in [1.54, 1.807) is 12.6 Å². The predicted octanol–water partition coefficient (Wildman–Crippen LogP) is 1.04. The van der Waals surface area contributed by atoms with Gasteiger partial charge in [0.25, 0.3) is 0 Å². The highest BCUT2D eigenvalue weighted by Gasteiger charge is 2.09. The molecule has 7 nitrogen and oxygen atoms in total. The average molecular weight is 291 g/mol. The summed E-state index contributed by atoms with van der Waals surface area (Å²) in [6.45, 7) is 0.896. The van der Waals surface area contributed by atoms with E-state index >= 15 is 0 Å². The first-order valence-corrected chi connectivity index (χ1v) is 6.95. The molecular formula is C12H13N5O2S. The molecule has 0 spiro atoms. The maximum atomic E-state index is 11.5. The quantitative estimate of drug-likeness (QED) is 0.605. The summed E-state index contributed by atoms with van der Waals surface area (Å²) in [6.07, 6.45) is 3.51. The van der Waals surface area contributed by atoms with Crippen LogP contribution in [0.1, 0.15) is 12.2 Å². The van der Waals surface area contributed by atoms with Gasteiger partial charge in [-0.1, -0.05) is 11.8 Å².